The molecule has 73 valence electrons. The molecule has 1 aromatic rings. The maximum atomic E-state index is 11.6. The van der Waals surface area contributed by atoms with Crippen LogP contribution in [0.25, 0.3) is 0 Å². The van der Waals surface area contributed by atoms with Crippen LogP contribution < -0.4 is 0 Å². The van der Waals surface area contributed by atoms with Crippen LogP contribution in [-0.2, 0) is 0 Å². The van der Waals surface area contributed by atoms with Crippen molar-refractivity contribution >= 4 is 5.78 Å². The Hall–Kier alpha value is -1.37. The van der Waals surface area contributed by atoms with Gasteiger partial charge in [0, 0.05) is 5.56 Å². The summed E-state index contributed by atoms with van der Waals surface area (Å²) in [5, 5.41) is 0. The molecule has 0 unspecified atom stereocenters. The summed E-state index contributed by atoms with van der Waals surface area (Å²) in [6.45, 7) is 6.20. The number of benzene rings is 1. The maximum absolute atomic E-state index is 11.6. The summed E-state index contributed by atoms with van der Waals surface area (Å²) in [5.41, 5.74) is 0.764. The topological polar surface area (TPSA) is 17.1 Å². The zero-order valence-corrected chi connectivity index (χ0v) is 8.87. The van der Waals surface area contributed by atoms with Gasteiger partial charge in [0.2, 0.25) is 0 Å². The van der Waals surface area contributed by atoms with E-state index in [1.54, 1.807) is 30.3 Å². The molecule has 0 spiro atoms. The fourth-order valence-electron chi connectivity index (χ4n) is 0.973. The predicted molar refractivity (Wildman–Crippen MR) is 58.2 cm³/mol. The van der Waals surface area contributed by atoms with Crippen molar-refractivity contribution in [2.75, 3.05) is 0 Å². The SMILES string of the molecule is CC(C)(C)C=CC(=O)c1cc[c]cc1. The van der Waals surface area contributed by atoms with Crippen LogP contribution in [0.15, 0.2) is 36.4 Å². The van der Waals surface area contributed by atoms with Gasteiger partial charge in [-0.25, -0.2) is 0 Å². The van der Waals surface area contributed by atoms with Crippen LogP contribution in [0.1, 0.15) is 31.1 Å². The van der Waals surface area contributed by atoms with Gasteiger partial charge in [0.05, 0.1) is 0 Å². The van der Waals surface area contributed by atoms with Crippen LogP contribution >= 0.6 is 0 Å². The van der Waals surface area contributed by atoms with Crippen molar-refractivity contribution < 1.29 is 4.79 Å². The van der Waals surface area contributed by atoms with E-state index in [9.17, 15) is 4.79 Å². The zero-order chi connectivity index (χ0) is 10.6. The predicted octanol–water partition coefficient (Wildman–Crippen LogP) is 3.27. The van der Waals surface area contributed by atoms with Crippen LogP contribution in [0.2, 0.25) is 0 Å². The second-order valence-corrected chi connectivity index (χ2v) is 4.35. The molecule has 1 heteroatoms. The van der Waals surface area contributed by atoms with Crippen molar-refractivity contribution in [2.45, 2.75) is 20.8 Å². The fraction of sp³-hybridized carbons (Fsp3) is 0.308. The Morgan fingerprint density at radius 3 is 2.36 bits per heavy atom. The first-order valence-corrected chi connectivity index (χ1v) is 4.69. The van der Waals surface area contributed by atoms with Crippen molar-refractivity contribution in [1.29, 1.82) is 0 Å². The highest BCUT2D eigenvalue weighted by atomic mass is 16.1. The van der Waals surface area contributed by atoms with Gasteiger partial charge in [0.1, 0.15) is 0 Å². The van der Waals surface area contributed by atoms with Crippen LogP contribution in [0.4, 0.5) is 0 Å². The third-order valence-corrected chi connectivity index (χ3v) is 1.74. The van der Waals surface area contributed by atoms with Crippen LogP contribution in [0, 0.1) is 11.5 Å². The summed E-state index contributed by atoms with van der Waals surface area (Å²) in [6.07, 6.45) is 3.56. The lowest BCUT2D eigenvalue weighted by molar-refractivity contribution is 0.104. The van der Waals surface area contributed by atoms with Crippen molar-refractivity contribution in [1.82, 2.24) is 0 Å². The Balaban J connectivity index is 2.74. The van der Waals surface area contributed by atoms with E-state index in [-0.39, 0.29) is 11.2 Å². The van der Waals surface area contributed by atoms with E-state index in [0.717, 1.165) is 0 Å². The lowest BCUT2D eigenvalue weighted by atomic mass is 9.95. The van der Waals surface area contributed by atoms with Gasteiger partial charge in [-0.2, -0.15) is 0 Å². The molecule has 0 aliphatic carbocycles. The second-order valence-electron chi connectivity index (χ2n) is 4.35. The highest BCUT2D eigenvalue weighted by Crippen LogP contribution is 2.15. The molecular weight excluding hydrogens is 172 g/mol. The van der Waals surface area contributed by atoms with E-state index in [4.69, 9.17) is 0 Å². The summed E-state index contributed by atoms with van der Waals surface area (Å²) in [4.78, 5) is 11.6. The fourth-order valence-corrected chi connectivity index (χ4v) is 0.973. The Kier molecular flexibility index (Phi) is 3.23. The van der Waals surface area contributed by atoms with E-state index in [0.29, 0.717) is 5.56 Å². The van der Waals surface area contributed by atoms with E-state index in [1.807, 2.05) is 6.08 Å². The van der Waals surface area contributed by atoms with E-state index in [1.165, 1.54) is 0 Å². The minimum atomic E-state index is 0.0499. The Morgan fingerprint density at radius 1 is 1.29 bits per heavy atom. The molecule has 1 aromatic carbocycles. The quantitative estimate of drug-likeness (QED) is 0.513. The number of rotatable bonds is 2. The van der Waals surface area contributed by atoms with Crippen molar-refractivity contribution in [3.8, 4) is 0 Å². The minimum absolute atomic E-state index is 0.0499. The van der Waals surface area contributed by atoms with Gasteiger partial charge in [-0.05, 0) is 17.6 Å². The average molecular weight is 187 g/mol. The van der Waals surface area contributed by atoms with Crippen molar-refractivity contribution in [2.24, 2.45) is 5.41 Å². The van der Waals surface area contributed by atoms with Gasteiger partial charge in [-0.15, -0.1) is 0 Å². The number of carbonyl (C=O) groups excluding carboxylic acids is 1. The van der Waals surface area contributed by atoms with E-state index in [2.05, 4.69) is 26.8 Å². The zero-order valence-electron chi connectivity index (χ0n) is 8.87. The van der Waals surface area contributed by atoms with Gasteiger partial charge in [-0.3, -0.25) is 4.79 Å². The number of carbonyl (C=O) groups is 1. The molecule has 1 radical (unpaired) electrons. The Labute approximate surface area is 85.5 Å². The summed E-state index contributed by atoms with van der Waals surface area (Å²) >= 11 is 0. The summed E-state index contributed by atoms with van der Waals surface area (Å²) in [7, 11) is 0. The first-order valence-electron chi connectivity index (χ1n) is 4.69. The Morgan fingerprint density at radius 2 is 1.86 bits per heavy atom. The molecule has 0 fully saturated rings. The van der Waals surface area contributed by atoms with Gasteiger partial charge in [0.25, 0.3) is 0 Å². The largest absolute Gasteiger partial charge is 0.289 e. The normalized spacial score (nSPS) is 11.9. The van der Waals surface area contributed by atoms with Gasteiger partial charge < -0.3 is 0 Å². The van der Waals surface area contributed by atoms with Gasteiger partial charge in [0.15, 0.2) is 5.78 Å². The lowest BCUT2D eigenvalue weighted by Crippen LogP contribution is -2.01. The van der Waals surface area contributed by atoms with Crippen LogP contribution in [0.3, 0.4) is 0 Å². The molecule has 0 bridgehead atoms. The van der Waals surface area contributed by atoms with Crippen molar-refractivity contribution in [3.63, 3.8) is 0 Å². The number of allylic oxidation sites excluding steroid dienone is 2. The Bertz CT molecular complexity index is 328. The molecule has 14 heavy (non-hydrogen) atoms. The molecule has 0 saturated carbocycles. The molecule has 0 amide bonds. The average Bonchev–Trinajstić information content (AvgIpc) is 2.14. The molecule has 0 saturated heterocycles. The minimum Gasteiger partial charge on any atom is -0.289 e. The molecule has 0 atom stereocenters. The molecule has 0 N–H and O–H groups in total. The number of hydrogen-bond donors (Lipinski definition) is 0. The monoisotopic (exact) mass is 187 g/mol. The molecule has 1 rings (SSSR count). The number of hydrogen-bond acceptors (Lipinski definition) is 1. The smallest absolute Gasteiger partial charge is 0.185 e. The lowest BCUT2D eigenvalue weighted by Gasteiger charge is -2.10. The molecule has 0 aliphatic heterocycles. The standard InChI is InChI=1S/C13H15O/c1-13(2,3)10-9-12(14)11-7-5-4-6-8-11/h5-10H,1-3H3. The molecule has 0 heterocycles. The highest BCUT2D eigenvalue weighted by molar-refractivity contribution is 6.04. The van der Waals surface area contributed by atoms with Crippen molar-refractivity contribution in [3.05, 3.63) is 48.0 Å². The van der Waals surface area contributed by atoms with Crippen LogP contribution in [-0.4, -0.2) is 5.78 Å². The number of ketones is 1. The summed E-state index contributed by atoms with van der Waals surface area (Å²) < 4.78 is 0. The second kappa shape index (κ2) is 4.23. The first kappa shape index (κ1) is 10.7. The highest BCUT2D eigenvalue weighted by Gasteiger charge is 2.06. The molecular formula is C13H15O. The molecule has 0 aromatic heterocycles. The van der Waals surface area contributed by atoms with Crippen LogP contribution in [0.5, 0.6) is 0 Å². The maximum Gasteiger partial charge on any atom is 0.185 e. The van der Waals surface area contributed by atoms with Gasteiger partial charge in [-0.1, -0.05) is 51.1 Å². The third-order valence-electron chi connectivity index (χ3n) is 1.74. The van der Waals surface area contributed by atoms with E-state index < -0.39 is 0 Å². The third kappa shape index (κ3) is 3.56. The van der Waals surface area contributed by atoms with E-state index >= 15 is 0 Å². The van der Waals surface area contributed by atoms with Gasteiger partial charge >= 0.3 is 0 Å². The first-order chi connectivity index (χ1) is 6.49. The molecule has 0 aliphatic rings. The summed E-state index contributed by atoms with van der Waals surface area (Å²) in [6, 6.07) is 9.93. The summed E-state index contributed by atoms with van der Waals surface area (Å²) in [5.74, 6) is 0.0499. The molecule has 1 nitrogen and oxygen atoms in total.